The zero-order valence-corrected chi connectivity index (χ0v) is 19.2. The van der Waals surface area contributed by atoms with E-state index < -0.39 is 23.5 Å². The van der Waals surface area contributed by atoms with Crippen molar-refractivity contribution in [1.29, 1.82) is 0 Å². The van der Waals surface area contributed by atoms with Crippen LogP contribution in [-0.4, -0.2) is 43.2 Å². The van der Waals surface area contributed by atoms with Crippen molar-refractivity contribution in [2.75, 3.05) is 26.4 Å². The summed E-state index contributed by atoms with van der Waals surface area (Å²) in [4.78, 5) is 15.4. The number of ether oxygens (including phenoxy) is 5. The van der Waals surface area contributed by atoms with Gasteiger partial charge in [0.25, 0.3) is 0 Å². The summed E-state index contributed by atoms with van der Waals surface area (Å²) in [6, 6.07) is 5.50. The van der Waals surface area contributed by atoms with Gasteiger partial charge in [0.2, 0.25) is 5.88 Å². The van der Waals surface area contributed by atoms with Crippen molar-refractivity contribution in [2.24, 2.45) is 0 Å². The van der Waals surface area contributed by atoms with E-state index in [1.807, 2.05) is 6.92 Å². The van der Waals surface area contributed by atoms with Gasteiger partial charge in [-0.15, -0.1) is 0 Å². The molecule has 0 aliphatic carbocycles. The number of hydrogen-bond donors (Lipinski definition) is 0. The average Bonchev–Trinajstić information content (AvgIpc) is 3.20. The molecule has 3 rings (SSSR count). The molecule has 0 N–H and O–H groups in total. The molecule has 1 fully saturated rings. The van der Waals surface area contributed by atoms with E-state index in [4.69, 9.17) is 35.3 Å². The molecule has 34 heavy (non-hydrogen) atoms. The van der Waals surface area contributed by atoms with Crippen LogP contribution >= 0.6 is 11.6 Å². The minimum Gasteiger partial charge on any atom is -0.493 e. The van der Waals surface area contributed by atoms with E-state index in [-0.39, 0.29) is 29.9 Å². The molecule has 0 unspecified atom stereocenters. The summed E-state index contributed by atoms with van der Waals surface area (Å²) in [5.74, 6) is -0.957. The first kappa shape index (κ1) is 25.8. The number of aromatic nitrogens is 1. The Balaban J connectivity index is 1.82. The van der Waals surface area contributed by atoms with Crippen molar-refractivity contribution in [1.82, 2.24) is 4.98 Å². The van der Waals surface area contributed by atoms with E-state index in [9.17, 15) is 18.0 Å². The number of hydrogen-bond acceptors (Lipinski definition) is 7. The molecular weight excluding hydrogens is 479 g/mol. The fraction of sp³-hybridized carbons (Fsp3) is 0.391. The fourth-order valence-corrected chi connectivity index (χ4v) is 3.20. The highest BCUT2D eigenvalue weighted by Gasteiger charge is 2.32. The van der Waals surface area contributed by atoms with Crippen molar-refractivity contribution in [3.8, 4) is 17.4 Å². The van der Waals surface area contributed by atoms with Gasteiger partial charge in [-0.2, -0.15) is 13.2 Å². The van der Waals surface area contributed by atoms with Gasteiger partial charge >= 0.3 is 12.1 Å². The van der Waals surface area contributed by atoms with Crippen molar-refractivity contribution in [3.05, 3.63) is 52.7 Å². The van der Waals surface area contributed by atoms with Crippen LogP contribution in [0.3, 0.4) is 0 Å². The van der Waals surface area contributed by atoms with Crippen LogP contribution in [0.25, 0.3) is 6.08 Å². The Morgan fingerprint density at radius 1 is 1.26 bits per heavy atom. The second-order valence-electron chi connectivity index (χ2n) is 7.32. The molecule has 11 heteroatoms. The molecule has 7 nitrogen and oxygen atoms in total. The van der Waals surface area contributed by atoms with Crippen LogP contribution in [0.1, 0.15) is 31.4 Å². The van der Waals surface area contributed by atoms with Crippen LogP contribution in [0.5, 0.6) is 17.4 Å². The van der Waals surface area contributed by atoms with Gasteiger partial charge in [0.1, 0.15) is 16.5 Å². The lowest BCUT2D eigenvalue weighted by atomic mass is 10.1. The van der Waals surface area contributed by atoms with E-state index in [2.05, 4.69) is 4.98 Å². The maximum Gasteiger partial charge on any atom is 0.417 e. The number of carbonyl (C=O) groups excluding carboxylic acids is 1. The van der Waals surface area contributed by atoms with Gasteiger partial charge < -0.3 is 23.7 Å². The van der Waals surface area contributed by atoms with Gasteiger partial charge in [-0.1, -0.05) is 11.6 Å². The van der Waals surface area contributed by atoms with Gasteiger partial charge in [0, 0.05) is 30.3 Å². The lowest BCUT2D eigenvalue weighted by molar-refractivity contribution is -0.150. The van der Waals surface area contributed by atoms with Crippen LogP contribution in [0.15, 0.2) is 36.5 Å². The van der Waals surface area contributed by atoms with Gasteiger partial charge in [-0.3, -0.25) is 0 Å². The summed E-state index contributed by atoms with van der Waals surface area (Å²) in [7, 11) is 0. The highest BCUT2D eigenvalue weighted by molar-refractivity contribution is 6.31. The fourth-order valence-electron chi connectivity index (χ4n) is 2.99. The Labute approximate surface area is 199 Å². The van der Waals surface area contributed by atoms with Gasteiger partial charge in [0.05, 0.1) is 32.0 Å². The summed E-state index contributed by atoms with van der Waals surface area (Å²) >= 11 is 5.98. The Hall–Kier alpha value is -2.82. The first-order valence-electron chi connectivity index (χ1n) is 10.4. The van der Waals surface area contributed by atoms with Gasteiger partial charge in [0.15, 0.2) is 5.79 Å². The topological polar surface area (TPSA) is 76.1 Å². The molecule has 2 aromatic rings. The molecule has 1 aromatic heterocycles. The summed E-state index contributed by atoms with van der Waals surface area (Å²) in [6.07, 6.45) is -0.863. The van der Waals surface area contributed by atoms with Crippen molar-refractivity contribution in [3.63, 3.8) is 0 Å². The van der Waals surface area contributed by atoms with Gasteiger partial charge in [-0.05, 0) is 38.1 Å². The summed E-state index contributed by atoms with van der Waals surface area (Å²) in [6.45, 7) is 4.99. The van der Waals surface area contributed by atoms with E-state index in [0.29, 0.717) is 37.1 Å². The van der Waals surface area contributed by atoms with Crippen molar-refractivity contribution >= 4 is 23.6 Å². The predicted octanol–water partition coefficient (Wildman–Crippen LogP) is 5.65. The Kier molecular flexibility index (Phi) is 8.40. The molecule has 0 amide bonds. The minimum atomic E-state index is -4.60. The highest BCUT2D eigenvalue weighted by Crippen LogP contribution is 2.37. The highest BCUT2D eigenvalue weighted by atomic mass is 35.5. The number of carbonyl (C=O) groups is 1. The SMILES string of the molecule is CCOC(=O)/C=C/c1ccc(OCCC2(C)OCCO2)cc1Oc1ncc(C(F)(F)F)cc1Cl. The number of alkyl halides is 3. The second-order valence-corrected chi connectivity index (χ2v) is 7.73. The lowest BCUT2D eigenvalue weighted by Gasteiger charge is -2.22. The second kappa shape index (κ2) is 11.1. The number of pyridine rings is 1. The first-order valence-corrected chi connectivity index (χ1v) is 10.8. The van der Waals surface area contributed by atoms with Crippen LogP contribution in [0.2, 0.25) is 5.02 Å². The van der Waals surface area contributed by atoms with Crippen LogP contribution in [-0.2, 0) is 25.2 Å². The van der Waals surface area contributed by atoms with Crippen molar-refractivity contribution in [2.45, 2.75) is 32.2 Å². The average molecular weight is 502 g/mol. The van der Waals surface area contributed by atoms with E-state index in [1.165, 1.54) is 18.2 Å². The molecule has 0 spiro atoms. The molecule has 1 saturated heterocycles. The van der Waals surface area contributed by atoms with Crippen LogP contribution in [0.4, 0.5) is 13.2 Å². The quantitative estimate of drug-likeness (QED) is 0.324. The van der Waals surface area contributed by atoms with Gasteiger partial charge in [-0.25, -0.2) is 9.78 Å². The molecule has 184 valence electrons. The molecule has 0 atom stereocenters. The Bertz CT molecular complexity index is 1040. The molecule has 1 aliphatic rings. The summed E-state index contributed by atoms with van der Waals surface area (Å²) in [5.41, 5.74) is -0.582. The standard InChI is InChI=1S/C23H23ClF3NO6/c1-3-30-20(29)7-5-15-4-6-17(31-9-8-22(2)32-10-11-33-22)13-19(15)34-21-18(24)12-16(14-28-21)23(25,26)27/h4-7,12-14H,3,8-11H2,1-2H3/b7-5+. The number of halogens is 4. The largest absolute Gasteiger partial charge is 0.493 e. The van der Waals surface area contributed by atoms with Crippen LogP contribution < -0.4 is 9.47 Å². The third-order valence-electron chi connectivity index (χ3n) is 4.74. The molecular formula is C23H23ClF3NO6. The monoisotopic (exact) mass is 501 g/mol. The number of rotatable bonds is 9. The number of nitrogens with zero attached hydrogens (tertiary/aromatic N) is 1. The normalized spacial score (nSPS) is 15.5. The molecule has 1 aliphatic heterocycles. The molecule has 0 radical (unpaired) electrons. The van der Waals surface area contributed by atoms with E-state index in [1.54, 1.807) is 19.1 Å². The third kappa shape index (κ3) is 7.09. The lowest BCUT2D eigenvalue weighted by Crippen LogP contribution is -2.27. The summed E-state index contributed by atoms with van der Waals surface area (Å²) < 4.78 is 66.1. The number of benzene rings is 1. The van der Waals surface area contributed by atoms with E-state index in [0.717, 1.165) is 6.07 Å². The zero-order chi connectivity index (χ0) is 24.8. The third-order valence-corrected chi connectivity index (χ3v) is 5.01. The Morgan fingerprint density at radius 3 is 2.65 bits per heavy atom. The Morgan fingerprint density at radius 2 is 2.00 bits per heavy atom. The number of esters is 1. The summed E-state index contributed by atoms with van der Waals surface area (Å²) in [5, 5.41) is -0.329. The van der Waals surface area contributed by atoms with Crippen molar-refractivity contribution < 1.29 is 41.7 Å². The smallest absolute Gasteiger partial charge is 0.417 e. The minimum absolute atomic E-state index is 0.159. The first-order chi connectivity index (χ1) is 16.1. The molecule has 0 saturated carbocycles. The maximum absolute atomic E-state index is 12.9. The maximum atomic E-state index is 12.9. The zero-order valence-electron chi connectivity index (χ0n) is 18.5. The van der Waals surface area contributed by atoms with E-state index >= 15 is 0 Å². The predicted molar refractivity (Wildman–Crippen MR) is 117 cm³/mol. The molecule has 2 heterocycles. The molecule has 0 bridgehead atoms. The molecule has 1 aromatic carbocycles. The van der Waals surface area contributed by atoms with Crippen LogP contribution in [0, 0.1) is 0 Å².